The number of nitrogens with one attached hydrogen (secondary N) is 1. The third kappa shape index (κ3) is 1.83. The lowest BCUT2D eigenvalue weighted by molar-refractivity contribution is -0.143. The number of rotatable bonds is 2. The van der Waals surface area contributed by atoms with E-state index in [4.69, 9.17) is 0 Å². The summed E-state index contributed by atoms with van der Waals surface area (Å²) >= 11 is 3.32. The van der Waals surface area contributed by atoms with Crippen molar-refractivity contribution in [1.29, 1.82) is 0 Å². The van der Waals surface area contributed by atoms with Crippen molar-refractivity contribution < 1.29 is 14.4 Å². The van der Waals surface area contributed by atoms with E-state index in [2.05, 4.69) is 33.5 Å². The summed E-state index contributed by atoms with van der Waals surface area (Å²) in [6.07, 6.45) is 5.36. The van der Waals surface area contributed by atoms with Crippen molar-refractivity contribution in [2.24, 2.45) is 35.5 Å². The lowest BCUT2D eigenvalue weighted by Crippen LogP contribution is -2.46. The van der Waals surface area contributed by atoms with Crippen molar-refractivity contribution in [1.82, 2.24) is 10.4 Å². The number of carbonyl (C=O) groups excluding carboxylic acids is 3. The van der Waals surface area contributed by atoms with E-state index in [-0.39, 0.29) is 35.5 Å². The number of hydrogen-bond acceptors (Lipinski definition) is 3. The molecule has 122 valence electrons. The van der Waals surface area contributed by atoms with E-state index in [0.29, 0.717) is 17.4 Å². The van der Waals surface area contributed by atoms with Crippen molar-refractivity contribution in [3.8, 4) is 0 Å². The van der Waals surface area contributed by atoms with Crippen LogP contribution in [0.2, 0.25) is 0 Å². The average molecular weight is 387 g/mol. The molecule has 6 rings (SSSR count). The Hall–Kier alpha value is -1.95. The number of benzene rings is 1. The van der Waals surface area contributed by atoms with Gasteiger partial charge >= 0.3 is 0 Å². The van der Waals surface area contributed by atoms with Crippen LogP contribution in [0.1, 0.15) is 16.8 Å². The lowest BCUT2D eigenvalue weighted by atomic mass is 9.63. The van der Waals surface area contributed by atoms with E-state index < -0.39 is 5.91 Å². The van der Waals surface area contributed by atoms with Crippen molar-refractivity contribution in [3.63, 3.8) is 0 Å². The number of carbonyl (C=O) groups is 3. The monoisotopic (exact) mass is 386 g/mol. The van der Waals surface area contributed by atoms with Crippen LogP contribution in [0.25, 0.3) is 0 Å². The number of hydrazine groups is 1. The molecular weight excluding hydrogens is 372 g/mol. The maximum Gasteiger partial charge on any atom is 0.270 e. The van der Waals surface area contributed by atoms with Gasteiger partial charge in [-0.1, -0.05) is 34.1 Å². The molecule has 3 amide bonds. The molecule has 3 fully saturated rings. The smallest absolute Gasteiger partial charge is 0.270 e. The number of allylic oxidation sites excluding steroid dienone is 2. The lowest BCUT2D eigenvalue weighted by Gasteiger charge is -2.37. The first-order valence-corrected chi connectivity index (χ1v) is 8.98. The van der Waals surface area contributed by atoms with E-state index >= 15 is 0 Å². The molecule has 0 aromatic heterocycles. The zero-order valence-corrected chi connectivity index (χ0v) is 14.3. The van der Waals surface area contributed by atoms with Crippen molar-refractivity contribution in [2.75, 3.05) is 0 Å². The highest BCUT2D eigenvalue weighted by Gasteiger charge is 2.67. The maximum atomic E-state index is 12.8. The van der Waals surface area contributed by atoms with Crippen LogP contribution >= 0.6 is 15.9 Å². The van der Waals surface area contributed by atoms with Crippen LogP contribution in [0.5, 0.6) is 0 Å². The molecule has 5 aliphatic rings. The van der Waals surface area contributed by atoms with Gasteiger partial charge in [0.2, 0.25) is 0 Å². The molecule has 1 heterocycles. The van der Waals surface area contributed by atoms with Crippen LogP contribution in [-0.2, 0) is 9.59 Å². The normalized spacial score (nSPS) is 38.1. The first-order valence-electron chi connectivity index (χ1n) is 8.19. The first kappa shape index (κ1) is 14.4. The van der Waals surface area contributed by atoms with Gasteiger partial charge in [0.05, 0.1) is 11.8 Å². The van der Waals surface area contributed by atoms with E-state index in [1.165, 1.54) is 0 Å². The number of imide groups is 1. The second kappa shape index (κ2) is 4.79. The average Bonchev–Trinajstić information content (AvgIpc) is 3.36. The van der Waals surface area contributed by atoms with Gasteiger partial charge in [-0.05, 0) is 48.3 Å². The zero-order valence-electron chi connectivity index (χ0n) is 12.7. The Labute approximate surface area is 147 Å². The predicted octanol–water partition coefficient (Wildman–Crippen LogP) is 2.15. The van der Waals surface area contributed by atoms with Gasteiger partial charge in [-0.3, -0.25) is 19.8 Å². The molecule has 0 unspecified atom stereocenters. The minimum absolute atomic E-state index is 0.161. The first-order chi connectivity index (χ1) is 11.6. The Morgan fingerprint density at radius 1 is 1.08 bits per heavy atom. The van der Waals surface area contributed by atoms with Crippen molar-refractivity contribution in [2.45, 2.75) is 6.42 Å². The van der Waals surface area contributed by atoms with Gasteiger partial charge in [-0.15, -0.1) is 0 Å². The molecule has 1 aliphatic heterocycles. The fourth-order valence-corrected chi connectivity index (χ4v) is 5.26. The number of halogens is 1. The molecule has 6 heteroatoms. The second-order valence-electron chi connectivity index (χ2n) is 7.12. The molecule has 1 aromatic rings. The molecule has 5 nitrogen and oxygen atoms in total. The van der Waals surface area contributed by atoms with E-state index in [1.54, 1.807) is 18.2 Å². The molecular formula is C18H15BrN2O3. The van der Waals surface area contributed by atoms with Crippen molar-refractivity contribution in [3.05, 3.63) is 46.5 Å². The predicted molar refractivity (Wildman–Crippen MR) is 88.2 cm³/mol. The summed E-state index contributed by atoms with van der Waals surface area (Å²) in [7, 11) is 0. The van der Waals surface area contributed by atoms with Gasteiger partial charge in [0, 0.05) is 10.0 Å². The highest BCUT2D eigenvalue weighted by atomic mass is 79.9. The standard InChI is InChI=1S/C18H15BrN2O3/c19-9-3-1-2-8(6-9)16(22)20-21-17(23)14-10-4-5-11(13-7-12(10)13)15(14)18(21)24/h1-6,10-15H,7H2,(H,20,22)/t10-,11+,12-,13-,14-,15+/m1/s1. The summed E-state index contributed by atoms with van der Waals surface area (Å²) in [5, 5.41) is 0.969. The van der Waals surface area contributed by atoms with Crippen LogP contribution in [0.3, 0.4) is 0 Å². The van der Waals surface area contributed by atoms with Crippen LogP contribution in [-0.4, -0.2) is 22.7 Å². The maximum absolute atomic E-state index is 12.8. The Balaban J connectivity index is 1.41. The van der Waals surface area contributed by atoms with Crippen molar-refractivity contribution >= 4 is 33.7 Å². The summed E-state index contributed by atoms with van der Waals surface area (Å²) in [6, 6.07) is 6.86. The van der Waals surface area contributed by atoms with Gasteiger partial charge in [0.15, 0.2) is 0 Å². The van der Waals surface area contributed by atoms with Gasteiger partial charge < -0.3 is 0 Å². The molecule has 1 aromatic carbocycles. The molecule has 1 saturated heterocycles. The van der Waals surface area contributed by atoms with Gasteiger partial charge in [0.25, 0.3) is 17.7 Å². The highest BCUT2D eigenvalue weighted by molar-refractivity contribution is 9.10. The summed E-state index contributed by atoms with van der Waals surface area (Å²) < 4.78 is 0.769. The molecule has 24 heavy (non-hydrogen) atoms. The van der Waals surface area contributed by atoms with Gasteiger partial charge in [-0.2, -0.15) is 5.01 Å². The molecule has 2 saturated carbocycles. The van der Waals surface area contributed by atoms with Gasteiger partial charge in [0.1, 0.15) is 0 Å². The number of amides is 3. The number of hydrogen-bond donors (Lipinski definition) is 1. The SMILES string of the molecule is O=C(NN1C(=O)[C@@H]2[C@@H]3C=C[C@@H]([C@H]4C[C@H]34)[C@@H]2C1=O)c1cccc(Br)c1. The minimum Gasteiger partial charge on any atom is -0.272 e. The Morgan fingerprint density at radius 2 is 1.71 bits per heavy atom. The quantitative estimate of drug-likeness (QED) is 0.625. The van der Waals surface area contributed by atoms with Crippen LogP contribution in [0, 0.1) is 35.5 Å². The topological polar surface area (TPSA) is 66.5 Å². The molecule has 2 bridgehead atoms. The van der Waals surface area contributed by atoms with Crippen LogP contribution in [0.4, 0.5) is 0 Å². The Bertz CT molecular complexity index is 784. The fourth-order valence-electron chi connectivity index (χ4n) is 4.86. The molecule has 0 spiro atoms. The van der Waals surface area contributed by atoms with Crippen LogP contribution < -0.4 is 5.43 Å². The molecule has 1 N–H and O–H groups in total. The summed E-state index contributed by atoms with van der Waals surface area (Å²) in [6.45, 7) is 0. The van der Waals surface area contributed by atoms with Gasteiger partial charge in [-0.25, -0.2) is 0 Å². The third-order valence-electron chi connectivity index (χ3n) is 5.96. The molecule has 0 radical (unpaired) electrons. The third-order valence-corrected chi connectivity index (χ3v) is 6.46. The number of nitrogens with zero attached hydrogens (tertiary/aromatic N) is 1. The summed E-state index contributed by atoms with van der Waals surface area (Å²) in [5.74, 6) is -0.0998. The van der Waals surface area contributed by atoms with Crippen LogP contribution in [0.15, 0.2) is 40.9 Å². The summed E-state index contributed by atoms with van der Waals surface area (Å²) in [4.78, 5) is 38.0. The Kier molecular flexibility index (Phi) is 2.87. The van der Waals surface area contributed by atoms with E-state index in [9.17, 15) is 14.4 Å². The van der Waals surface area contributed by atoms with E-state index in [0.717, 1.165) is 15.9 Å². The highest BCUT2D eigenvalue weighted by Crippen LogP contribution is 2.65. The fraction of sp³-hybridized carbons (Fsp3) is 0.389. The molecule has 6 atom stereocenters. The van der Waals surface area contributed by atoms with E-state index in [1.807, 2.05) is 6.07 Å². The zero-order chi connectivity index (χ0) is 16.6. The Morgan fingerprint density at radius 3 is 2.29 bits per heavy atom. The minimum atomic E-state index is -0.442. The second-order valence-corrected chi connectivity index (χ2v) is 8.03. The molecule has 4 aliphatic carbocycles. The summed E-state index contributed by atoms with van der Waals surface area (Å²) in [5.41, 5.74) is 2.93. The largest absolute Gasteiger partial charge is 0.272 e.